The number of nitrogens with zero attached hydrogens (tertiary/aromatic N) is 1. The normalized spacial score (nSPS) is 16.7. The van der Waals surface area contributed by atoms with Crippen LogP contribution in [0.25, 0.3) is 0 Å². The highest BCUT2D eigenvalue weighted by atomic mass is 15.1. The number of rotatable bonds is 7. The second kappa shape index (κ2) is 9.71. The van der Waals surface area contributed by atoms with Gasteiger partial charge in [0, 0.05) is 6.54 Å². The van der Waals surface area contributed by atoms with Crippen molar-refractivity contribution in [3.05, 3.63) is 108 Å². The Morgan fingerprint density at radius 2 is 1.21 bits per heavy atom. The van der Waals surface area contributed by atoms with Gasteiger partial charge in [0.15, 0.2) is 0 Å². The lowest BCUT2D eigenvalue weighted by Gasteiger charge is -2.36. The van der Waals surface area contributed by atoms with Crippen molar-refractivity contribution in [2.75, 3.05) is 19.6 Å². The first-order valence-electron chi connectivity index (χ1n) is 10.7. The summed E-state index contributed by atoms with van der Waals surface area (Å²) in [5, 5.41) is 0. The lowest BCUT2D eigenvalue weighted by molar-refractivity contribution is 0.169. The average molecular weight is 370 g/mol. The van der Waals surface area contributed by atoms with Crippen LogP contribution in [0, 0.1) is 5.92 Å². The first-order chi connectivity index (χ1) is 13.9. The lowest BCUT2D eigenvalue weighted by atomic mass is 9.77. The Hall–Kier alpha value is -2.38. The molecule has 0 radical (unpaired) electrons. The number of benzene rings is 3. The fourth-order valence-corrected chi connectivity index (χ4v) is 4.64. The fraction of sp³-hybridized carbons (Fsp3) is 0.333. The minimum absolute atomic E-state index is 0.625. The largest absolute Gasteiger partial charge is 0.303 e. The molecule has 1 heterocycles. The van der Waals surface area contributed by atoms with Gasteiger partial charge >= 0.3 is 0 Å². The van der Waals surface area contributed by atoms with E-state index in [1.54, 1.807) is 0 Å². The van der Waals surface area contributed by atoms with Crippen LogP contribution in [-0.4, -0.2) is 24.5 Å². The molecule has 1 atom stereocenters. The molecule has 1 aliphatic heterocycles. The molecule has 144 valence electrons. The Bertz CT molecular complexity index is 805. The molecule has 0 bridgehead atoms. The fourth-order valence-electron chi connectivity index (χ4n) is 4.64. The Labute approximate surface area is 170 Å². The topological polar surface area (TPSA) is 3.24 Å². The van der Waals surface area contributed by atoms with Gasteiger partial charge in [0.25, 0.3) is 0 Å². The summed E-state index contributed by atoms with van der Waals surface area (Å²) in [7, 11) is 0. The van der Waals surface area contributed by atoms with E-state index in [0.717, 1.165) is 18.8 Å². The van der Waals surface area contributed by atoms with Gasteiger partial charge in [-0.2, -0.15) is 0 Å². The highest BCUT2D eigenvalue weighted by Gasteiger charge is 2.27. The van der Waals surface area contributed by atoms with Crippen LogP contribution in [0.15, 0.2) is 91.0 Å². The highest BCUT2D eigenvalue weighted by Crippen LogP contribution is 2.35. The summed E-state index contributed by atoms with van der Waals surface area (Å²) in [6, 6.07) is 33.1. The van der Waals surface area contributed by atoms with Crippen LogP contribution in [0.1, 0.15) is 35.4 Å². The zero-order chi connectivity index (χ0) is 19.0. The number of piperidine rings is 1. The first-order valence-corrected chi connectivity index (χ1v) is 10.7. The van der Waals surface area contributed by atoms with E-state index in [4.69, 9.17) is 0 Å². The lowest BCUT2D eigenvalue weighted by Crippen LogP contribution is -2.37. The van der Waals surface area contributed by atoms with Gasteiger partial charge < -0.3 is 4.90 Å². The first kappa shape index (κ1) is 19.0. The molecule has 4 rings (SSSR count). The molecule has 1 fully saturated rings. The van der Waals surface area contributed by atoms with Crippen LogP contribution < -0.4 is 0 Å². The molecule has 1 saturated heterocycles. The molecule has 0 N–H and O–H groups in total. The van der Waals surface area contributed by atoms with E-state index in [-0.39, 0.29) is 0 Å². The van der Waals surface area contributed by atoms with Crippen LogP contribution in [-0.2, 0) is 12.8 Å². The standard InChI is InChI=1S/C27H31N/c1-4-10-23(11-5-1)16-19-28-20-17-26(18-21-28)27(25-14-8-3-9-15-25)22-24-12-6-2-7-13-24/h1-15,26-27H,16-22H2. The minimum atomic E-state index is 0.625. The monoisotopic (exact) mass is 369 g/mol. The maximum atomic E-state index is 2.66. The number of likely N-dealkylation sites (tertiary alicyclic amines) is 1. The van der Waals surface area contributed by atoms with Crippen LogP contribution >= 0.6 is 0 Å². The third kappa shape index (κ3) is 5.11. The predicted molar refractivity (Wildman–Crippen MR) is 119 cm³/mol. The second-order valence-electron chi connectivity index (χ2n) is 8.12. The minimum Gasteiger partial charge on any atom is -0.303 e. The molecule has 0 amide bonds. The molecular formula is C27H31N. The van der Waals surface area contributed by atoms with Gasteiger partial charge in [-0.25, -0.2) is 0 Å². The molecule has 1 heteroatoms. The van der Waals surface area contributed by atoms with Crippen molar-refractivity contribution in [2.45, 2.75) is 31.6 Å². The van der Waals surface area contributed by atoms with E-state index in [9.17, 15) is 0 Å². The van der Waals surface area contributed by atoms with E-state index < -0.39 is 0 Å². The van der Waals surface area contributed by atoms with E-state index in [0.29, 0.717) is 5.92 Å². The van der Waals surface area contributed by atoms with Crippen molar-refractivity contribution >= 4 is 0 Å². The maximum absolute atomic E-state index is 2.66. The average Bonchev–Trinajstić information content (AvgIpc) is 2.78. The van der Waals surface area contributed by atoms with Crippen LogP contribution in [0.3, 0.4) is 0 Å². The quantitative estimate of drug-likeness (QED) is 0.496. The summed E-state index contributed by atoms with van der Waals surface area (Å²) < 4.78 is 0. The molecule has 1 unspecified atom stereocenters. The molecule has 3 aromatic rings. The molecule has 0 aromatic heterocycles. The van der Waals surface area contributed by atoms with Gasteiger partial charge in [0.1, 0.15) is 0 Å². The molecule has 0 saturated carbocycles. The molecule has 3 aromatic carbocycles. The summed E-state index contributed by atoms with van der Waals surface area (Å²) >= 11 is 0. The van der Waals surface area contributed by atoms with Crippen molar-refractivity contribution in [3.63, 3.8) is 0 Å². The zero-order valence-electron chi connectivity index (χ0n) is 16.7. The van der Waals surface area contributed by atoms with Gasteiger partial charge in [-0.3, -0.25) is 0 Å². The van der Waals surface area contributed by atoms with Crippen LogP contribution in [0.5, 0.6) is 0 Å². The van der Waals surface area contributed by atoms with Crippen LogP contribution in [0.2, 0.25) is 0 Å². The van der Waals surface area contributed by atoms with Gasteiger partial charge in [-0.15, -0.1) is 0 Å². The van der Waals surface area contributed by atoms with Gasteiger partial charge in [0.2, 0.25) is 0 Å². The van der Waals surface area contributed by atoms with Gasteiger partial charge in [-0.05, 0) is 67.3 Å². The maximum Gasteiger partial charge on any atom is 0.00218 e. The summed E-state index contributed by atoms with van der Waals surface area (Å²) in [5.41, 5.74) is 4.42. The van der Waals surface area contributed by atoms with E-state index in [1.807, 2.05) is 0 Å². The molecule has 1 nitrogen and oxygen atoms in total. The van der Waals surface area contributed by atoms with Crippen LogP contribution in [0.4, 0.5) is 0 Å². The third-order valence-electron chi connectivity index (χ3n) is 6.29. The smallest absolute Gasteiger partial charge is 0.00218 e. The Morgan fingerprint density at radius 3 is 1.82 bits per heavy atom. The molecular weight excluding hydrogens is 338 g/mol. The zero-order valence-corrected chi connectivity index (χ0v) is 16.7. The Balaban J connectivity index is 1.38. The van der Waals surface area contributed by atoms with Crippen molar-refractivity contribution in [1.29, 1.82) is 0 Å². The Kier molecular flexibility index (Phi) is 6.57. The van der Waals surface area contributed by atoms with Crippen molar-refractivity contribution < 1.29 is 0 Å². The number of hydrogen-bond donors (Lipinski definition) is 0. The highest BCUT2D eigenvalue weighted by molar-refractivity contribution is 5.25. The predicted octanol–water partition coefficient (Wildman–Crippen LogP) is 5.97. The van der Waals surface area contributed by atoms with E-state index in [2.05, 4.69) is 95.9 Å². The second-order valence-corrected chi connectivity index (χ2v) is 8.12. The molecule has 0 aliphatic carbocycles. The van der Waals surface area contributed by atoms with Gasteiger partial charge in [0.05, 0.1) is 0 Å². The Morgan fingerprint density at radius 1 is 0.679 bits per heavy atom. The molecule has 0 spiro atoms. The summed E-state index contributed by atoms with van der Waals surface area (Å²) in [6.45, 7) is 3.65. The number of hydrogen-bond acceptors (Lipinski definition) is 1. The van der Waals surface area contributed by atoms with Crippen molar-refractivity contribution in [2.24, 2.45) is 5.92 Å². The van der Waals surface area contributed by atoms with Crippen molar-refractivity contribution in [1.82, 2.24) is 4.90 Å². The summed E-state index contributed by atoms with van der Waals surface area (Å²) in [5.74, 6) is 1.40. The molecule has 1 aliphatic rings. The van der Waals surface area contributed by atoms with E-state index >= 15 is 0 Å². The SMILES string of the molecule is c1ccc(CCN2CCC(C(Cc3ccccc3)c3ccccc3)CC2)cc1. The van der Waals surface area contributed by atoms with E-state index in [1.165, 1.54) is 49.2 Å². The summed E-state index contributed by atoms with van der Waals surface area (Å²) in [4.78, 5) is 2.66. The van der Waals surface area contributed by atoms with Gasteiger partial charge in [-0.1, -0.05) is 91.0 Å². The molecule has 28 heavy (non-hydrogen) atoms. The summed E-state index contributed by atoms with van der Waals surface area (Å²) in [6.07, 6.45) is 4.93. The van der Waals surface area contributed by atoms with Crippen molar-refractivity contribution in [3.8, 4) is 0 Å². The third-order valence-corrected chi connectivity index (χ3v) is 6.29.